The van der Waals surface area contributed by atoms with Crippen LogP contribution in [0, 0.1) is 0 Å². The van der Waals surface area contributed by atoms with E-state index < -0.39 is 0 Å². The first-order chi connectivity index (χ1) is 14.5. The van der Waals surface area contributed by atoms with Crippen LogP contribution in [0.3, 0.4) is 0 Å². The number of anilines is 3. The van der Waals surface area contributed by atoms with Crippen LogP contribution >= 0.6 is 11.8 Å². The Hall–Kier alpha value is -2.82. The molecule has 11 heteroatoms. The molecule has 0 bridgehead atoms. The minimum absolute atomic E-state index is 0.0808. The normalized spacial score (nSPS) is 15.4. The molecule has 1 atom stereocenters. The van der Waals surface area contributed by atoms with Crippen LogP contribution in [-0.2, 0) is 6.54 Å². The van der Waals surface area contributed by atoms with Gasteiger partial charge in [0.05, 0.1) is 18.1 Å². The molecular formula is C19H27N9OS. The van der Waals surface area contributed by atoms with E-state index >= 15 is 0 Å². The molecule has 4 rings (SSSR count). The highest BCUT2D eigenvalue weighted by Crippen LogP contribution is 2.35. The van der Waals surface area contributed by atoms with E-state index in [4.69, 9.17) is 10.2 Å². The number of nitrogen functional groups attached to an aromatic ring is 1. The minimum atomic E-state index is -0.0808. The van der Waals surface area contributed by atoms with Crippen molar-refractivity contribution in [1.29, 1.82) is 0 Å². The molecule has 4 heterocycles. The molecule has 0 aromatic carbocycles. The first kappa shape index (κ1) is 20.5. The van der Waals surface area contributed by atoms with E-state index in [0.717, 1.165) is 30.0 Å². The lowest BCUT2D eigenvalue weighted by atomic mass is 10.1. The van der Waals surface area contributed by atoms with Crippen molar-refractivity contribution in [3.63, 3.8) is 0 Å². The summed E-state index contributed by atoms with van der Waals surface area (Å²) in [7, 11) is 3.75. The van der Waals surface area contributed by atoms with Gasteiger partial charge in [-0.05, 0) is 38.3 Å². The maximum atomic E-state index is 5.90. The Kier molecular flexibility index (Phi) is 6.07. The van der Waals surface area contributed by atoms with Crippen molar-refractivity contribution >= 4 is 29.6 Å². The Labute approximate surface area is 179 Å². The van der Waals surface area contributed by atoms with Gasteiger partial charge in [0, 0.05) is 27.2 Å². The van der Waals surface area contributed by atoms with Crippen LogP contribution in [0.1, 0.15) is 43.0 Å². The van der Waals surface area contributed by atoms with Crippen LogP contribution in [0.2, 0.25) is 0 Å². The maximum absolute atomic E-state index is 5.90. The van der Waals surface area contributed by atoms with Crippen molar-refractivity contribution in [2.24, 2.45) is 0 Å². The summed E-state index contributed by atoms with van der Waals surface area (Å²) in [6.45, 7) is 4.59. The molecule has 0 aliphatic carbocycles. The molecule has 1 aliphatic heterocycles. The average molecular weight is 430 g/mol. The first-order valence-electron chi connectivity index (χ1n) is 10.1. The fourth-order valence-electron chi connectivity index (χ4n) is 3.38. The van der Waals surface area contributed by atoms with Crippen molar-refractivity contribution in [3.8, 4) is 0 Å². The van der Waals surface area contributed by atoms with Crippen molar-refractivity contribution in [1.82, 2.24) is 29.7 Å². The Bertz CT molecular complexity index is 967. The van der Waals surface area contributed by atoms with Gasteiger partial charge < -0.3 is 20.0 Å². The molecule has 1 fully saturated rings. The smallest absolute Gasteiger partial charge is 0.229 e. The molecule has 3 aromatic rings. The Morgan fingerprint density at radius 1 is 1.17 bits per heavy atom. The predicted molar refractivity (Wildman–Crippen MR) is 117 cm³/mol. The van der Waals surface area contributed by atoms with Crippen LogP contribution in [0.5, 0.6) is 0 Å². The number of hydrogen-bond donors (Lipinski definition) is 1. The summed E-state index contributed by atoms with van der Waals surface area (Å²) in [5.74, 6) is 3.10. The van der Waals surface area contributed by atoms with Gasteiger partial charge in [0.2, 0.25) is 17.8 Å². The minimum Gasteiger partial charge on any atom is -0.467 e. The van der Waals surface area contributed by atoms with Gasteiger partial charge in [-0.15, -0.1) is 10.2 Å². The van der Waals surface area contributed by atoms with Gasteiger partial charge >= 0.3 is 0 Å². The lowest BCUT2D eigenvalue weighted by molar-refractivity contribution is 0.479. The number of piperidine rings is 1. The third-order valence-electron chi connectivity index (χ3n) is 4.93. The summed E-state index contributed by atoms with van der Waals surface area (Å²) in [5.41, 5.74) is 5.90. The van der Waals surface area contributed by atoms with E-state index in [1.165, 1.54) is 19.3 Å². The zero-order chi connectivity index (χ0) is 21.1. The lowest BCUT2D eigenvalue weighted by Gasteiger charge is -2.27. The summed E-state index contributed by atoms with van der Waals surface area (Å²) in [6, 6.07) is 3.86. The number of nitrogens with zero attached hydrogens (tertiary/aromatic N) is 8. The Balaban J connectivity index is 1.62. The number of thioether (sulfide) groups is 1. The van der Waals surface area contributed by atoms with Gasteiger partial charge in [0.15, 0.2) is 5.16 Å². The van der Waals surface area contributed by atoms with Gasteiger partial charge in [-0.25, -0.2) is 0 Å². The van der Waals surface area contributed by atoms with Gasteiger partial charge in [-0.3, -0.25) is 4.57 Å². The molecular weight excluding hydrogens is 402 g/mol. The maximum Gasteiger partial charge on any atom is 0.229 e. The van der Waals surface area contributed by atoms with Crippen molar-refractivity contribution < 1.29 is 4.42 Å². The molecule has 0 spiro atoms. The molecule has 10 nitrogen and oxygen atoms in total. The summed E-state index contributed by atoms with van der Waals surface area (Å²) in [4.78, 5) is 17.2. The van der Waals surface area contributed by atoms with Gasteiger partial charge in [-0.2, -0.15) is 15.0 Å². The average Bonchev–Trinajstić information content (AvgIpc) is 3.39. The molecule has 1 saturated heterocycles. The number of rotatable bonds is 7. The van der Waals surface area contributed by atoms with E-state index in [9.17, 15) is 0 Å². The molecule has 160 valence electrons. The van der Waals surface area contributed by atoms with Crippen LogP contribution in [-0.4, -0.2) is 56.9 Å². The summed E-state index contributed by atoms with van der Waals surface area (Å²) >= 11 is 1.55. The molecule has 1 aliphatic rings. The van der Waals surface area contributed by atoms with E-state index in [0.29, 0.717) is 18.3 Å². The molecule has 0 unspecified atom stereocenters. The van der Waals surface area contributed by atoms with Crippen LogP contribution in [0.15, 0.2) is 28.0 Å². The molecule has 0 saturated carbocycles. The fraction of sp³-hybridized carbons (Fsp3) is 0.526. The number of furan rings is 1. The first-order valence-corrected chi connectivity index (χ1v) is 10.9. The Morgan fingerprint density at radius 3 is 2.67 bits per heavy atom. The predicted octanol–water partition coefficient (Wildman–Crippen LogP) is 2.60. The van der Waals surface area contributed by atoms with Gasteiger partial charge in [0.25, 0.3) is 0 Å². The van der Waals surface area contributed by atoms with E-state index in [1.807, 2.05) is 38.1 Å². The number of hydrogen-bond acceptors (Lipinski definition) is 10. The molecule has 0 amide bonds. The Morgan fingerprint density at radius 2 is 1.97 bits per heavy atom. The molecule has 2 N–H and O–H groups in total. The number of aromatic nitrogens is 6. The fourth-order valence-corrected chi connectivity index (χ4v) is 4.27. The van der Waals surface area contributed by atoms with Crippen molar-refractivity contribution in [3.05, 3.63) is 30.0 Å². The second-order valence-electron chi connectivity index (χ2n) is 7.50. The summed E-state index contributed by atoms with van der Waals surface area (Å²) < 4.78 is 7.71. The van der Waals surface area contributed by atoms with Crippen molar-refractivity contribution in [2.45, 2.75) is 43.1 Å². The van der Waals surface area contributed by atoms with Crippen LogP contribution in [0.4, 0.5) is 17.8 Å². The molecule has 3 aromatic heterocycles. The molecule has 30 heavy (non-hydrogen) atoms. The summed E-state index contributed by atoms with van der Waals surface area (Å²) in [5, 5.41) is 9.73. The highest BCUT2D eigenvalue weighted by atomic mass is 32.2. The lowest BCUT2D eigenvalue weighted by Crippen LogP contribution is -2.32. The van der Waals surface area contributed by atoms with E-state index in [2.05, 4.69) is 34.6 Å². The zero-order valence-electron chi connectivity index (χ0n) is 17.5. The number of nitrogens with two attached hydrogens (primary N) is 1. The standard InChI is InChI=1S/C19H27N9OS/c1-13(15-21-16(20)23-17(22-15)26(2)3)30-19-25-24-18(27-9-5-4-6-10-27)28(19)12-14-8-7-11-29-14/h7-8,11,13H,4-6,9-10,12H2,1-3H3,(H2,20,21,22,23)/t13-/m0/s1. The van der Waals surface area contributed by atoms with Gasteiger partial charge in [-0.1, -0.05) is 11.8 Å². The highest BCUT2D eigenvalue weighted by molar-refractivity contribution is 7.99. The van der Waals surface area contributed by atoms with Crippen LogP contribution < -0.4 is 15.5 Å². The monoisotopic (exact) mass is 429 g/mol. The summed E-state index contributed by atoms with van der Waals surface area (Å²) in [6.07, 6.45) is 5.29. The highest BCUT2D eigenvalue weighted by Gasteiger charge is 2.24. The van der Waals surface area contributed by atoms with Gasteiger partial charge in [0.1, 0.15) is 11.6 Å². The SMILES string of the molecule is C[C@H](Sc1nnc(N2CCCCC2)n1Cc1ccco1)c1nc(N)nc(N(C)C)n1. The molecule has 0 radical (unpaired) electrons. The largest absolute Gasteiger partial charge is 0.467 e. The van der Waals surface area contributed by atoms with Crippen LogP contribution in [0.25, 0.3) is 0 Å². The topological polar surface area (TPSA) is 115 Å². The second-order valence-corrected chi connectivity index (χ2v) is 8.81. The third kappa shape index (κ3) is 4.50. The quantitative estimate of drug-likeness (QED) is 0.562. The second kappa shape index (κ2) is 8.90. The third-order valence-corrected chi connectivity index (χ3v) is 6.01. The zero-order valence-corrected chi connectivity index (χ0v) is 18.3. The van der Waals surface area contributed by atoms with E-state index in [1.54, 1.807) is 18.0 Å². The van der Waals surface area contributed by atoms with E-state index in [-0.39, 0.29) is 11.2 Å². The van der Waals surface area contributed by atoms with Crippen molar-refractivity contribution in [2.75, 3.05) is 42.7 Å².